The lowest BCUT2D eigenvalue weighted by molar-refractivity contribution is -0.124. The van der Waals surface area contributed by atoms with Gasteiger partial charge >= 0.3 is 0 Å². The van der Waals surface area contributed by atoms with Crippen molar-refractivity contribution >= 4 is 27.4 Å². The largest absolute Gasteiger partial charge is 0.384 e. The summed E-state index contributed by atoms with van der Waals surface area (Å²) >= 11 is 0. The molecule has 0 bridgehead atoms. The van der Waals surface area contributed by atoms with Gasteiger partial charge < -0.3 is 16.4 Å². The van der Waals surface area contributed by atoms with Crippen LogP contribution in [0.1, 0.15) is 35.0 Å². The van der Waals surface area contributed by atoms with E-state index in [1.165, 1.54) is 10.6 Å². The molecule has 1 amide bonds. The van der Waals surface area contributed by atoms with Crippen LogP contribution in [0.25, 0.3) is 0 Å². The Hall–Kier alpha value is -3.73. The van der Waals surface area contributed by atoms with E-state index >= 15 is 0 Å². The average Bonchev–Trinajstić information content (AvgIpc) is 3.23. The molecule has 10 nitrogen and oxygen atoms in total. The minimum Gasteiger partial charge on any atom is -0.384 e. The first-order chi connectivity index (χ1) is 16.1. The van der Waals surface area contributed by atoms with Crippen molar-refractivity contribution in [1.29, 1.82) is 0 Å². The molecule has 0 radical (unpaired) electrons. The minimum absolute atomic E-state index is 0.104. The van der Waals surface area contributed by atoms with Gasteiger partial charge in [-0.2, -0.15) is 0 Å². The van der Waals surface area contributed by atoms with Crippen molar-refractivity contribution in [3.8, 4) is 0 Å². The van der Waals surface area contributed by atoms with Gasteiger partial charge in [-0.25, -0.2) is 18.4 Å². The molecule has 4 N–H and O–H groups in total. The lowest BCUT2D eigenvalue weighted by Gasteiger charge is -2.16. The molecule has 1 aliphatic heterocycles. The highest BCUT2D eigenvalue weighted by molar-refractivity contribution is 7.90. The van der Waals surface area contributed by atoms with Crippen LogP contribution in [-0.2, 0) is 34.1 Å². The zero-order valence-electron chi connectivity index (χ0n) is 18.9. The molecule has 0 fully saturated rings. The normalized spacial score (nSPS) is 15.1. The number of rotatable bonds is 7. The second-order valence-corrected chi connectivity index (χ2v) is 10.3. The van der Waals surface area contributed by atoms with Crippen LogP contribution in [0.15, 0.2) is 52.3 Å². The number of fused-ring (bicyclic) bond motifs is 1. The van der Waals surface area contributed by atoms with E-state index in [1.54, 1.807) is 30.5 Å². The fraction of sp³-hybridized carbons (Fsp3) is 0.304. The van der Waals surface area contributed by atoms with Gasteiger partial charge in [0.1, 0.15) is 11.9 Å². The molecule has 0 aliphatic carbocycles. The number of carbonyl (C=O) groups is 1. The van der Waals surface area contributed by atoms with Gasteiger partial charge in [-0.15, -0.1) is 0 Å². The van der Waals surface area contributed by atoms with E-state index in [2.05, 4.69) is 20.6 Å². The van der Waals surface area contributed by atoms with Crippen LogP contribution in [0, 0.1) is 6.92 Å². The number of amides is 1. The van der Waals surface area contributed by atoms with Crippen LogP contribution in [-0.4, -0.2) is 35.1 Å². The number of carbonyl (C=O) groups excluding carboxylic acids is 1. The Morgan fingerprint density at radius 3 is 2.76 bits per heavy atom. The van der Waals surface area contributed by atoms with Gasteiger partial charge in [0.05, 0.1) is 4.90 Å². The first kappa shape index (κ1) is 23.4. The number of anilines is 2. The maximum Gasteiger partial charge on any atom is 0.294 e. The van der Waals surface area contributed by atoms with Crippen LogP contribution >= 0.6 is 0 Å². The monoisotopic (exact) mass is 482 g/mol. The van der Waals surface area contributed by atoms with E-state index in [1.807, 2.05) is 13.0 Å². The fourth-order valence-corrected chi connectivity index (χ4v) is 4.67. The Morgan fingerprint density at radius 1 is 1.24 bits per heavy atom. The number of hydrogen-bond donors (Lipinski definition) is 3. The summed E-state index contributed by atoms with van der Waals surface area (Å²) < 4.78 is 25.0. The fourth-order valence-electron chi connectivity index (χ4n) is 3.98. The van der Waals surface area contributed by atoms with Crippen LogP contribution in [0.3, 0.4) is 0 Å². The van der Waals surface area contributed by atoms with Crippen molar-refractivity contribution in [2.24, 2.45) is 0 Å². The molecule has 2 aromatic heterocycles. The maximum absolute atomic E-state index is 13.1. The summed E-state index contributed by atoms with van der Waals surface area (Å²) in [6.07, 6.45) is 3.81. The van der Waals surface area contributed by atoms with E-state index in [0.29, 0.717) is 29.9 Å². The maximum atomic E-state index is 13.1. The van der Waals surface area contributed by atoms with Gasteiger partial charge in [-0.3, -0.25) is 14.2 Å². The average molecular weight is 483 g/mol. The first-order valence-electron chi connectivity index (χ1n) is 10.8. The molecule has 0 unspecified atom stereocenters. The summed E-state index contributed by atoms with van der Waals surface area (Å²) in [6, 6.07) is 9.34. The molecule has 0 saturated carbocycles. The second-order valence-electron chi connectivity index (χ2n) is 8.30. The van der Waals surface area contributed by atoms with E-state index in [-0.39, 0.29) is 35.3 Å². The highest BCUT2D eigenvalue weighted by atomic mass is 32.2. The molecule has 178 valence electrons. The minimum atomic E-state index is -3.34. The molecule has 1 aliphatic rings. The molecule has 0 spiro atoms. The van der Waals surface area contributed by atoms with Gasteiger partial charge in [0, 0.05) is 36.9 Å². The molecular weight excluding hydrogens is 456 g/mol. The Labute approximate surface area is 197 Å². The number of benzene rings is 1. The third-order valence-electron chi connectivity index (χ3n) is 5.82. The number of nitrogens with two attached hydrogens (primary N) is 1. The van der Waals surface area contributed by atoms with Gasteiger partial charge in [0.2, 0.25) is 5.91 Å². The van der Waals surface area contributed by atoms with Crippen molar-refractivity contribution in [3.05, 3.63) is 75.5 Å². The molecular formula is C23H26N6O4S. The van der Waals surface area contributed by atoms with Gasteiger partial charge in [0.25, 0.3) is 5.56 Å². The van der Waals surface area contributed by atoms with Gasteiger partial charge in [-0.05, 0) is 49.1 Å². The quantitative estimate of drug-likeness (QED) is 0.457. The molecule has 4 rings (SSSR count). The number of aromatic nitrogens is 3. The summed E-state index contributed by atoms with van der Waals surface area (Å²) in [5, 5.41) is 5.87. The lowest BCUT2D eigenvalue weighted by atomic mass is 10.1. The molecule has 11 heteroatoms. The summed E-state index contributed by atoms with van der Waals surface area (Å²) in [4.78, 5) is 34.7. The zero-order valence-corrected chi connectivity index (χ0v) is 19.7. The Kier molecular flexibility index (Phi) is 6.38. The zero-order chi connectivity index (χ0) is 24.5. The molecule has 1 atom stereocenters. The van der Waals surface area contributed by atoms with Crippen molar-refractivity contribution in [3.63, 3.8) is 0 Å². The number of aryl methyl sites for hydroxylation is 2. The van der Waals surface area contributed by atoms with Crippen LogP contribution in [0.5, 0.6) is 0 Å². The molecule has 34 heavy (non-hydrogen) atoms. The van der Waals surface area contributed by atoms with Gasteiger partial charge in [0.15, 0.2) is 15.7 Å². The van der Waals surface area contributed by atoms with E-state index in [9.17, 15) is 18.0 Å². The summed E-state index contributed by atoms with van der Waals surface area (Å²) in [7, 11) is -3.34. The Morgan fingerprint density at radius 2 is 2.03 bits per heavy atom. The van der Waals surface area contributed by atoms with Crippen molar-refractivity contribution in [2.75, 3.05) is 17.3 Å². The van der Waals surface area contributed by atoms with Crippen molar-refractivity contribution < 1.29 is 13.2 Å². The number of nitrogens with one attached hydrogen (secondary N) is 2. The smallest absolute Gasteiger partial charge is 0.294 e. The summed E-state index contributed by atoms with van der Waals surface area (Å²) in [5.74, 6) is 0.265. The number of sulfone groups is 1. The summed E-state index contributed by atoms with van der Waals surface area (Å²) in [6.45, 7) is 2.32. The molecule has 3 aromatic rings. The molecule has 0 saturated heterocycles. The highest BCUT2D eigenvalue weighted by Crippen LogP contribution is 2.24. The predicted octanol–water partition coefficient (Wildman–Crippen LogP) is 1.35. The van der Waals surface area contributed by atoms with Crippen LogP contribution < -0.4 is 21.9 Å². The van der Waals surface area contributed by atoms with E-state index in [0.717, 1.165) is 17.5 Å². The number of hydrogen-bond acceptors (Lipinski definition) is 8. The van der Waals surface area contributed by atoms with Gasteiger partial charge in [-0.1, -0.05) is 18.2 Å². The third-order valence-corrected chi connectivity index (χ3v) is 6.93. The molecule has 3 heterocycles. The summed E-state index contributed by atoms with van der Waals surface area (Å²) in [5.41, 5.74) is 8.26. The number of pyridine rings is 1. The first-order valence-corrected chi connectivity index (χ1v) is 12.7. The number of nitrogens with zero attached hydrogens (tertiary/aromatic N) is 3. The lowest BCUT2D eigenvalue weighted by Crippen LogP contribution is -2.36. The third kappa shape index (κ3) is 4.93. The van der Waals surface area contributed by atoms with E-state index < -0.39 is 15.9 Å². The SMILES string of the molecule is Cc1nc(N)ccc1CNC(=O)[C@@H]1CCc2cnc(NCc3cccc(S(C)(=O)=O)c3)c(=O)n21. The highest BCUT2D eigenvalue weighted by Gasteiger charge is 2.30. The van der Waals surface area contributed by atoms with Crippen molar-refractivity contribution in [2.45, 2.75) is 43.8 Å². The Balaban J connectivity index is 1.49. The van der Waals surface area contributed by atoms with Crippen LogP contribution in [0.2, 0.25) is 0 Å². The standard InChI is InChI=1S/C23H26N6O4S/c1-14-16(6-9-20(24)28-14)12-27-22(30)19-8-7-17-13-26-21(23(31)29(17)19)25-11-15-4-3-5-18(10-15)34(2,32)33/h3-6,9-10,13,19H,7-8,11-12H2,1-2H3,(H2,24,28)(H,25,26)(H,27,30)/t19-/m0/s1. The topological polar surface area (TPSA) is 149 Å². The predicted molar refractivity (Wildman–Crippen MR) is 128 cm³/mol. The molecule has 1 aromatic carbocycles. The van der Waals surface area contributed by atoms with Crippen molar-refractivity contribution in [1.82, 2.24) is 19.9 Å². The second kappa shape index (κ2) is 9.26. The number of nitrogen functional groups attached to an aromatic ring is 1. The van der Waals surface area contributed by atoms with E-state index in [4.69, 9.17) is 5.73 Å². The Bertz CT molecular complexity index is 1420. The van der Waals surface area contributed by atoms with Crippen LogP contribution in [0.4, 0.5) is 11.6 Å².